The summed E-state index contributed by atoms with van der Waals surface area (Å²) in [5, 5.41) is 4.13. The van der Waals surface area contributed by atoms with E-state index in [-0.39, 0.29) is 11.8 Å². The molecule has 4 nitrogen and oxygen atoms in total. The van der Waals surface area contributed by atoms with E-state index in [0.29, 0.717) is 17.7 Å². The minimum atomic E-state index is -0.164. The molecule has 0 unspecified atom stereocenters. The lowest BCUT2D eigenvalue weighted by Gasteiger charge is -2.27. The van der Waals surface area contributed by atoms with Crippen molar-refractivity contribution >= 4 is 50.4 Å². The van der Waals surface area contributed by atoms with Crippen molar-refractivity contribution in [1.82, 2.24) is 4.90 Å². The van der Waals surface area contributed by atoms with Crippen LogP contribution < -0.4 is 4.90 Å². The van der Waals surface area contributed by atoms with Crippen molar-refractivity contribution in [1.29, 1.82) is 0 Å². The number of imide groups is 1. The van der Waals surface area contributed by atoms with Crippen LogP contribution in [0.5, 0.6) is 0 Å². The Kier molecular flexibility index (Phi) is 7.14. The molecule has 2 aliphatic rings. The second-order valence-electron chi connectivity index (χ2n) is 12.5. The van der Waals surface area contributed by atoms with Crippen LogP contribution in [0.2, 0.25) is 0 Å². The maximum atomic E-state index is 13.7. The van der Waals surface area contributed by atoms with Gasteiger partial charge in [0.25, 0.3) is 11.8 Å². The van der Waals surface area contributed by atoms with Crippen LogP contribution in [0.1, 0.15) is 66.2 Å². The first-order chi connectivity index (χ1) is 22.6. The van der Waals surface area contributed by atoms with Crippen molar-refractivity contribution in [3.63, 3.8) is 0 Å². The second kappa shape index (κ2) is 11.6. The molecule has 2 amide bonds. The smallest absolute Gasteiger partial charge is 0.261 e. The fraction of sp³-hybridized carbons (Fsp3) is 0.190. The fourth-order valence-electron chi connectivity index (χ4n) is 7.41. The van der Waals surface area contributed by atoms with E-state index in [1.54, 1.807) is 0 Å². The molecule has 0 N–H and O–H groups in total. The number of hydrogen-bond donors (Lipinski definition) is 0. The van der Waals surface area contributed by atoms with Gasteiger partial charge >= 0.3 is 0 Å². The molecular formula is C42H36N2O2. The van der Waals surface area contributed by atoms with E-state index in [1.807, 2.05) is 24.3 Å². The van der Waals surface area contributed by atoms with Gasteiger partial charge in [0.15, 0.2) is 0 Å². The zero-order chi connectivity index (χ0) is 31.2. The highest BCUT2D eigenvalue weighted by atomic mass is 16.2. The molecule has 0 saturated carbocycles. The van der Waals surface area contributed by atoms with Crippen molar-refractivity contribution in [3.05, 3.63) is 126 Å². The number of rotatable bonds is 10. The molecule has 0 bridgehead atoms. The molecule has 226 valence electrons. The molecule has 6 aromatic carbocycles. The van der Waals surface area contributed by atoms with Gasteiger partial charge in [0, 0.05) is 40.1 Å². The molecule has 0 fully saturated rings. The quantitative estimate of drug-likeness (QED) is 0.116. The van der Waals surface area contributed by atoms with Gasteiger partial charge in [-0.2, -0.15) is 0 Å². The third-order valence-corrected chi connectivity index (χ3v) is 9.67. The van der Waals surface area contributed by atoms with Crippen LogP contribution in [0.25, 0.3) is 43.8 Å². The minimum absolute atomic E-state index is 0.164. The van der Waals surface area contributed by atoms with Crippen LogP contribution in [0.3, 0.4) is 0 Å². The number of carbonyl (C=O) groups excluding carboxylic acids is 2. The van der Waals surface area contributed by atoms with Gasteiger partial charge in [-0.1, -0.05) is 93.6 Å². The Morgan fingerprint density at radius 2 is 1.00 bits per heavy atom. The van der Waals surface area contributed by atoms with Crippen LogP contribution in [0.15, 0.2) is 115 Å². The van der Waals surface area contributed by atoms with Crippen molar-refractivity contribution < 1.29 is 9.59 Å². The molecule has 0 spiro atoms. The third kappa shape index (κ3) is 4.59. The van der Waals surface area contributed by atoms with Gasteiger partial charge in [0.1, 0.15) is 0 Å². The normalized spacial score (nSPS) is 13.1. The first-order valence-electron chi connectivity index (χ1n) is 16.6. The summed E-state index contributed by atoms with van der Waals surface area (Å²) in [6, 6.07) is 40.1. The highest BCUT2D eigenvalue weighted by Crippen LogP contribution is 2.51. The van der Waals surface area contributed by atoms with E-state index >= 15 is 0 Å². The Labute approximate surface area is 269 Å². The first-order valence-corrected chi connectivity index (χ1v) is 16.6. The summed E-state index contributed by atoms with van der Waals surface area (Å²) in [6.07, 6.45) is 6.68. The molecule has 46 heavy (non-hydrogen) atoms. The van der Waals surface area contributed by atoms with Gasteiger partial charge in [-0.3, -0.25) is 14.5 Å². The highest BCUT2D eigenvalue weighted by Gasteiger charge is 2.36. The van der Waals surface area contributed by atoms with Gasteiger partial charge in [0.05, 0.1) is 0 Å². The molecule has 8 rings (SSSR count). The maximum Gasteiger partial charge on any atom is 0.261 e. The summed E-state index contributed by atoms with van der Waals surface area (Å²) < 4.78 is 0. The zero-order valence-electron chi connectivity index (χ0n) is 26.1. The van der Waals surface area contributed by atoms with Gasteiger partial charge in [-0.05, 0) is 105 Å². The van der Waals surface area contributed by atoms with Crippen LogP contribution >= 0.6 is 0 Å². The Hall–Kier alpha value is -5.22. The van der Waals surface area contributed by atoms with Crippen molar-refractivity contribution in [2.75, 3.05) is 11.4 Å². The van der Waals surface area contributed by atoms with Gasteiger partial charge in [-0.15, -0.1) is 0 Å². The molecule has 0 aromatic heterocycles. The number of nitrogens with zero attached hydrogens (tertiary/aromatic N) is 2. The molecule has 4 heteroatoms. The number of anilines is 3. The first kappa shape index (κ1) is 28.3. The molecule has 1 aliphatic heterocycles. The number of hydrogen-bond acceptors (Lipinski definition) is 3. The predicted octanol–water partition coefficient (Wildman–Crippen LogP) is 11.1. The van der Waals surface area contributed by atoms with Crippen molar-refractivity contribution in [3.8, 4) is 22.3 Å². The van der Waals surface area contributed by atoms with Crippen LogP contribution in [-0.2, 0) is 0 Å². The van der Waals surface area contributed by atoms with Gasteiger partial charge in [-0.25, -0.2) is 0 Å². The van der Waals surface area contributed by atoms with E-state index in [2.05, 4.69) is 103 Å². The Bertz CT molecular complexity index is 2070. The monoisotopic (exact) mass is 600 g/mol. The van der Waals surface area contributed by atoms with E-state index in [0.717, 1.165) is 80.1 Å². The van der Waals surface area contributed by atoms with Gasteiger partial charge < -0.3 is 4.90 Å². The number of carbonyl (C=O) groups is 2. The van der Waals surface area contributed by atoms with E-state index in [9.17, 15) is 9.59 Å². The SMILES string of the molecule is CCCCCCCCN1C(=O)c2ccc3c4c(ccc(c24)C1=O)-c1cc2cc(N(c4ccccc4)c4ccccc4)ccc2cc1-3. The largest absolute Gasteiger partial charge is 0.310 e. The highest BCUT2D eigenvalue weighted by molar-refractivity contribution is 6.31. The molecule has 1 aliphatic carbocycles. The molecule has 0 atom stereocenters. The number of benzene rings is 6. The molecule has 1 heterocycles. The Morgan fingerprint density at radius 1 is 0.478 bits per heavy atom. The standard InChI is InChI=1S/C42H36N2O2/c1-2-3-4-5-6-13-24-43-41(45)35-22-20-33-37-26-28-18-19-32(44(30-14-9-7-10-15-30)31-16-11-8-12-17-31)25-29(28)27-38(37)34-21-23-36(42(43)46)40(35)39(33)34/h7-12,14-23,25-27H,2-6,13,24H2,1H3. The maximum absolute atomic E-state index is 13.7. The molecule has 0 saturated heterocycles. The second-order valence-corrected chi connectivity index (χ2v) is 12.5. The van der Waals surface area contributed by atoms with Crippen LogP contribution in [0.4, 0.5) is 17.1 Å². The van der Waals surface area contributed by atoms with E-state index < -0.39 is 0 Å². The summed E-state index contributed by atoms with van der Waals surface area (Å²) in [6.45, 7) is 2.69. The summed E-state index contributed by atoms with van der Waals surface area (Å²) in [4.78, 5) is 31.2. The lowest BCUT2D eigenvalue weighted by atomic mass is 9.90. The lowest BCUT2D eigenvalue weighted by Crippen LogP contribution is -2.40. The molecule has 6 aromatic rings. The summed E-state index contributed by atoms with van der Waals surface area (Å²) in [5.41, 5.74) is 9.03. The fourth-order valence-corrected chi connectivity index (χ4v) is 7.41. The lowest BCUT2D eigenvalue weighted by molar-refractivity contribution is 0.0607. The number of para-hydroxylation sites is 2. The zero-order valence-corrected chi connectivity index (χ0v) is 26.1. The third-order valence-electron chi connectivity index (χ3n) is 9.67. The average Bonchev–Trinajstić information content (AvgIpc) is 3.41. The summed E-state index contributed by atoms with van der Waals surface area (Å²) in [5.74, 6) is -0.329. The Morgan fingerprint density at radius 3 is 1.61 bits per heavy atom. The van der Waals surface area contributed by atoms with Crippen molar-refractivity contribution in [2.24, 2.45) is 0 Å². The molecule has 0 radical (unpaired) electrons. The van der Waals surface area contributed by atoms with E-state index in [4.69, 9.17) is 0 Å². The number of fused-ring (bicyclic) bond motifs is 4. The van der Waals surface area contributed by atoms with Crippen molar-refractivity contribution in [2.45, 2.75) is 45.4 Å². The van der Waals surface area contributed by atoms with Gasteiger partial charge in [0.2, 0.25) is 0 Å². The average molecular weight is 601 g/mol. The van der Waals surface area contributed by atoms with E-state index in [1.165, 1.54) is 24.2 Å². The van der Waals surface area contributed by atoms with Crippen LogP contribution in [0, 0.1) is 0 Å². The minimum Gasteiger partial charge on any atom is -0.310 e. The molecular weight excluding hydrogens is 564 g/mol. The predicted molar refractivity (Wildman–Crippen MR) is 189 cm³/mol. The summed E-state index contributed by atoms with van der Waals surface area (Å²) in [7, 11) is 0. The number of amides is 2. The summed E-state index contributed by atoms with van der Waals surface area (Å²) >= 11 is 0. The van der Waals surface area contributed by atoms with Crippen LogP contribution in [-0.4, -0.2) is 23.3 Å². The Balaban J connectivity index is 1.18. The number of unbranched alkanes of at least 4 members (excludes halogenated alkanes) is 5. The topological polar surface area (TPSA) is 40.6 Å².